The lowest BCUT2D eigenvalue weighted by molar-refractivity contribution is -0.132. The van der Waals surface area contributed by atoms with Crippen molar-refractivity contribution < 1.29 is 29.3 Å². The lowest BCUT2D eigenvalue weighted by Gasteiger charge is -2.17. The molecule has 0 amide bonds. The van der Waals surface area contributed by atoms with Gasteiger partial charge in [0.05, 0.1) is 0 Å². The molecule has 0 aromatic heterocycles. The fourth-order valence-corrected chi connectivity index (χ4v) is 1.49. The van der Waals surface area contributed by atoms with Gasteiger partial charge in [-0.3, -0.25) is 0 Å². The molecule has 0 atom stereocenters. The maximum atomic E-state index is 11.7. The van der Waals surface area contributed by atoms with Gasteiger partial charge in [0.15, 0.2) is 11.5 Å². The Labute approximate surface area is 128 Å². The second-order valence-corrected chi connectivity index (χ2v) is 4.95. The summed E-state index contributed by atoms with van der Waals surface area (Å²) in [7, 11) is 0. The molecule has 1 rings (SSSR count). The molecule has 6 nitrogen and oxygen atoms in total. The number of ether oxygens (including phenoxy) is 2. The van der Waals surface area contributed by atoms with Gasteiger partial charge in [-0.15, -0.1) is 0 Å². The molecule has 0 saturated heterocycles. The molecule has 2 N–H and O–H groups in total. The van der Waals surface area contributed by atoms with E-state index in [0.717, 1.165) is 0 Å². The highest BCUT2D eigenvalue weighted by atomic mass is 16.6. The number of carbonyl (C=O) groups is 2. The molecule has 1 aromatic rings. The largest absolute Gasteiger partial charge is 0.504 e. The minimum Gasteiger partial charge on any atom is -0.504 e. The van der Waals surface area contributed by atoms with Crippen LogP contribution in [-0.4, -0.2) is 22.2 Å². The van der Waals surface area contributed by atoms with Crippen LogP contribution < -0.4 is 9.47 Å². The van der Waals surface area contributed by atoms with E-state index in [2.05, 4.69) is 13.2 Å². The zero-order chi connectivity index (χ0) is 17.2. The normalized spacial score (nSPS) is 10.0. The quantitative estimate of drug-likeness (QED) is 0.384. The van der Waals surface area contributed by atoms with Crippen LogP contribution in [0.4, 0.5) is 0 Å². The highest BCUT2D eigenvalue weighted by Crippen LogP contribution is 2.48. The fourth-order valence-electron chi connectivity index (χ4n) is 1.49. The van der Waals surface area contributed by atoms with E-state index in [4.69, 9.17) is 9.47 Å². The minimum absolute atomic E-state index is 0.0781. The first-order chi connectivity index (χ1) is 10.1. The third-order valence-electron chi connectivity index (χ3n) is 2.99. The molecular formula is C16H18O6. The SMILES string of the molecule is C=C(C)C(=O)Oc1c(C)c(C)c(O)c(O)c1OC(=O)C(=C)C. The predicted molar refractivity (Wildman–Crippen MR) is 80.1 cm³/mol. The van der Waals surface area contributed by atoms with E-state index in [-0.39, 0.29) is 22.5 Å². The fraction of sp³-hybridized carbons (Fsp3) is 0.250. The molecule has 1 aromatic carbocycles. The van der Waals surface area contributed by atoms with E-state index in [9.17, 15) is 19.8 Å². The summed E-state index contributed by atoms with van der Waals surface area (Å²) in [4.78, 5) is 23.4. The molecule has 0 aliphatic carbocycles. The number of carbonyl (C=O) groups excluding carboxylic acids is 2. The molecule has 0 saturated carbocycles. The second-order valence-electron chi connectivity index (χ2n) is 4.95. The van der Waals surface area contributed by atoms with Gasteiger partial charge < -0.3 is 19.7 Å². The summed E-state index contributed by atoms with van der Waals surface area (Å²) in [6, 6.07) is 0. The standard InChI is InChI=1S/C16H18O6/c1-7(2)15(19)21-13-10(6)9(5)11(17)12(18)14(13)22-16(20)8(3)4/h17-18H,1,3H2,2,4-6H3. The first-order valence-corrected chi connectivity index (χ1v) is 6.38. The maximum absolute atomic E-state index is 11.7. The molecule has 0 fully saturated rings. The van der Waals surface area contributed by atoms with E-state index in [0.29, 0.717) is 5.56 Å². The van der Waals surface area contributed by atoms with Gasteiger partial charge in [-0.25, -0.2) is 9.59 Å². The van der Waals surface area contributed by atoms with E-state index < -0.39 is 29.2 Å². The summed E-state index contributed by atoms with van der Waals surface area (Å²) < 4.78 is 10.1. The van der Waals surface area contributed by atoms with E-state index >= 15 is 0 Å². The van der Waals surface area contributed by atoms with Gasteiger partial charge in [0.2, 0.25) is 11.5 Å². The molecule has 0 spiro atoms. The lowest BCUT2D eigenvalue weighted by Crippen LogP contribution is -2.14. The van der Waals surface area contributed by atoms with Crippen molar-refractivity contribution in [2.45, 2.75) is 27.7 Å². The summed E-state index contributed by atoms with van der Waals surface area (Å²) in [6.45, 7) is 12.8. The minimum atomic E-state index is -0.828. The van der Waals surface area contributed by atoms with Crippen LogP contribution in [0.1, 0.15) is 25.0 Å². The van der Waals surface area contributed by atoms with Gasteiger partial charge in [-0.2, -0.15) is 0 Å². The molecule has 0 radical (unpaired) electrons. The smallest absolute Gasteiger partial charge is 0.338 e. The van der Waals surface area contributed by atoms with Crippen molar-refractivity contribution >= 4 is 11.9 Å². The number of esters is 2. The molecule has 6 heteroatoms. The van der Waals surface area contributed by atoms with Crippen molar-refractivity contribution in [2.24, 2.45) is 0 Å². The van der Waals surface area contributed by atoms with Crippen molar-refractivity contribution in [3.05, 3.63) is 35.4 Å². The highest BCUT2D eigenvalue weighted by Gasteiger charge is 2.26. The van der Waals surface area contributed by atoms with Crippen molar-refractivity contribution in [1.29, 1.82) is 0 Å². The average Bonchev–Trinajstić information content (AvgIpc) is 2.45. The Morgan fingerprint density at radius 3 is 1.64 bits per heavy atom. The van der Waals surface area contributed by atoms with Gasteiger partial charge >= 0.3 is 11.9 Å². The van der Waals surface area contributed by atoms with Crippen LogP contribution in [0.15, 0.2) is 24.3 Å². The Morgan fingerprint density at radius 1 is 0.818 bits per heavy atom. The van der Waals surface area contributed by atoms with Crippen LogP contribution in [0.2, 0.25) is 0 Å². The second kappa shape index (κ2) is 6.34. The van der Waals surface area contributed by atoms with Gasteiger partial charge in [-0.1, -0.05) is 13.2 Å². The first kappa shape index (κ1) is 17.3. The zero-order valence-corrected chi connectivity index (χ0v) is 12.9. The molecule has 118 valence electrons. The molecule has 0 aliphatic rings. The number of benzene rings is 1. The molecule has 0 bridgehead atoms. The van der Waals surface area contributed by atoms with E-state index in [1.54, 1.807) is 6.92 Å². The molecule has 0 heterocycles. The van der Waals surface area contributed by atoms with Crippen LogP contribution in [0.3, 0.4) is 0 Å². The first-order valence-electron chi connectivity index (χ1n) is 6.38. The van der Waals surface area contributed by atoms with E-state index in [1.165, 1.54) is 20.8 Å². The number of hydrogen-bond donors (Lipinski definition) is 2. The van der Waals surface area contributed by atoms with Crippen LogP contribution in [0, 0.1) is 13.8 Å². The summed E-state index contributed by atoms with van der Waals surface area (Å²) in [5.41, 5.74) is 0.836. The topological polar surface area (TPSA) is 93.1 Å². The van der Waals surface area contributed by atoms with Gasteiger partial charge in [0.25, 0.3) is 0 Å². The highest BCUT2D eigenvalue weighted by molar-refractivity contribution is 5.92. The van der Waals surface area contributed by atoms with Crippen LogP contribution in [0.25, 0.3) is 0 Å². The van der Waals surface area contributed by atoms with Crippen molar-refractivity contribution in [3.8, 4) is 23.0 Å². The Bertz CT molecular complexity index is 626. The molecule has 0 unspecified atom stereocenters. The van der Waals surface area contributed by atoms with Crippen molar-refractivity contribution in [2.75, 3.05) is 0 Å². The summed E-state index contributed by atoms with van der Waals surface area (Å²) in [5.74, 6) is -3.33. The maximum Gasteiger partial charge on any atom is 0.338 e. The van der Waals surface area contributed by atoms with Gasteiger partial charge in [-0.05, 0) is 27.7 Å². The molecule has 0 aliphatic heterocycles. The third-order valence-corrected chi connectivity index (χ3v) is 2.99. The third kappa shape index (κ3) is 3.28. The number of aromatic hydroxyl groups is 2. The van der Waals surface area contributed by atoms with Gasteiger partial charge in [0, 0.05) is 22.3 Å². The molecule has 22 heavy (non-hydrogen) atoms. The van der Waals surface area contributed by atoms with Crippen LogP contribution in [0.5, 0.6) is 23.0 Å². The monoisotopic (exact) mass is 306 g/mol. The Hall–Kier alpha value is -2.76. The number of phenolic OH excluding ortho intramolecular Hbond substituents is 2. The van der Waals surface area contributed by atoms with Crippen molar-refractivity contribution in [3.63, 3.8) is 0 Å². The molecular weight excluding hydrogens is 288 g/mol. The summed E-state index contributed by atoms with van der Waals surface area (Å²) >= 11 is 0. The van der Waals surface area contributed by atoms with Crippen LogP contribution in [-0.2, 0) is 9.59 Å². The zero-order valence-electron chi connectivity index (χ0n) is 12.9. The van der Waals surface area contributed by atoms with Crippen LogP contribution >= 0.6 is 0 Å². The average molecular weight is 306 g/mol. The number of hydrogen-bond acceptors (Lipinski definition) is 6. The number of rotatable bonds is 4. The summed E-state index contributed by atoms with van der Waals surface area (Å²) in [6.07, 6.45) is 0. The Balaban J connectivity index is 3.50. The number of phenols is 2. The Kier molecular flexibility index (Phi) is 4.98. The van der Waals surface area contributed by atoms with E-state index in [1.807, 2.05) is 0 Å². The Morgan fingerprint density at radius 2 is 1.23 bits per heavy atom. The van der Waals surface area contributed by atoms with Gasteiger partial charge in [0.1, 0.15) is 0 Å². The van der Waals surface area contributed by atoms with Crippen molar-refractivity contribution in [1.82, 2.24) is 0 Å². The lowest BCUT2D eigenvalue weighted by atomic mass is 10.1. The predicted octanol–water partition coefficient (Wildman–Crippen LogP) is 2.68. The summed E-state index contributed by atoms with van der Waals surface area (Å²) in [5, 5.41) is 19.9.